The lowest BCUT2D eigenvalue weighted by atomic mass is 10.1. The molecule has 0 unspecified atom stereocenters. The van der Waals surface area contributed by atoms with Gasteiger partial charge in [0.15, 0.2) is 5.78 Å². The van der Waals surface area contributed by atoms with E-state index in [2.05, 4.69) is 20.7 Å². The molecule has 0 saturated heterocycles. The van der Waals surface area contributed by atoms with Gasteiger partial charge in [-0.05, 0) is 28.1 Å². The first-order valence-corrected chi connectivity index (χ1v) is 5.71. The van der Waals surface area contributed by atoms with Gasteiger partial charge in [-0.3, -0.25) is 4.79 Å². The first-order valence-electron chi connectivity index (χ1n) is 4.38. The number of rotatable bonds is 5. The highest BCUT2D eigenvalue weighted by atomic mass is 79.9. The molecule has 0 aliphatic carbocycles. The van der Waals surface area contributed by atoms with Crippen molar-refractivity contribution in [1.82, 2.24) is 0 Å². The fourth-order valence-electron chi connectivity index (χ4n) is 1.13. The molecule has 6 heteroatoms. The van der Waals surface area contributed by atoms with Crippen molar-refractivity contribution in [2.75, 3.05) is 5.88 Å². The van der Waals surface area contributed by atoms with Gasteiger partial charge in [-0.2, -0.15) is 8.78 Å². The molecular formula is C10H8BrClF2O2. The quantitative estimate of drug-likeness (QED) is 0.609. The van der Waals surface area contributed by atoms with Crippen LogP contribution in [0.4, 0.5) is 8.78 Å². The van der Waals surface area contributed by atoms with Crippen LogP contribution in [0.15, 0.2) is 22.7 Å². The lowest BCUT2D eigenvalue weighted by Gasteiger charge is -2.09. The summed E-state index contributed by atoms with van der Waals surface area (Å²) in [5.41, 5.74) is 0.291. The van der Waals surface area contributed by atoms with Gasteiger partial charge < -0.3 is 4.74 Å². The van der Waals surface area contributed by atoms with E-state index < -0.39 is 6.61 Å². The van der Waals surface area contributed by atoms with E-state index in [1.807, 2.05) is 0 Å². The Morgan fingerprint density at radius 2 is 2.19 bits per heavy atom. The van der Waals surface area contributed by atoms with Crippen LogP contribution in [0.3, 0.4) is 0 Å². The molecule has 1 rings (SSSR count). The maximum atomic E-state index is 12.0. The topological polar surface area (TPSA) is 26.3 Å². The second-order valence-electron chi connectivity index (χ2n) is 2.86. The van der Waals surface area contributed by atoms with Crippen molar-refractivity contribution in [2.24, 2.45) is 0 Å². The van der Waals surface area contributed by atoms with Crippen LogP contribution in [0, 0.1) is 0 Å². The van der Waals surface area contributed by atoms with Crippen molar-refractivity contribution in [3.05, 3.63) is 28.2 Å². The fraction of sp³-hybridized carbons (Fsp3) is 0.300. The Balaban J connectivity index is 2.99. The van der Waals surface area contributed by atoms with Gasteiger partial charge >= 0.3 is 6.61 Å². The maximum absolute atomic E-state index is 12.0. The zero-order chi connectivity index (χ0) is 12.1. The molecule has 0 heterocycles. The standard InChI is InChI=1S/C10H8BrClF2O2/c11-9-6(7(15)4-5-12)2-1-3-8(9)16-10(13)14/h1-3,10H,4-5H2. The summed E-state index contributed by atoms with van der Waals surface area (Å²) in [4.78, 5) is 11.5. The summed E-state index contributed by atoms with van der Waals surface area (Å²) < 4.78 is 28.5. The molecule has 0 spiro atoms. The van der Waals surface area contributed by atoms with Crippen LogP contribution in [0.5, 0.6) is 5.75 Å². The molecule has 0 N–H and O–H groups in total. The highest BCUT2D eigenvalue weighted by Gasteiger charge is 2.15. The summed E-state index contributed by atoms with van der Waals surface area (Å²) in [5.74, 6) is -0.0948. The van der Waals surface area contributed by atoms with E-state index in [0.29, 0.717) is 5.56 Å². The third kappa shape index (κ3) is 3.42. The Hall–Kier alpha value is -0.680. The molecule has 16 heavy (non-hydrogen) atoms. The number of hydrogen-bond donors (Lipinski definition) is 0. The number of ketones is 1. The number of carbonyl (C=O) groups is 1. The molecule has 0 bridgehead atoms. The van der Waals surface area contributed by atoms with E-state index >= 15 is 0 Å². The van der Waals surface area contributed by atoms with Gasteiger partial charge in [0, 0.05) is 17.9 Å². The van der Waals surface area contributed by atoms with E-state index in [4.69, 9.17) is 11.6 Å². The van der Waals surface area contributed by atoms with Gasteiger partial charge in [0.05, 0.1) is 4.47 Å². The summed E-state index contributed by atoms with van der Waals surface area (Å²) in [6.45, 7) is -2.92. The fourth-order valence-corrected chi connectivity index (χ4v) is 1.88. The zero-order valence-corrected chi connectivity index (χ0v) is 10.4. The molecule has 0 aromatic heterocycles. The zero-order valence-electron chi connectivity index (χ0n) is 8.05. The normalized spacial score (nSPS) is 10.6. The summed E-state index contributed by atoms with van der Waals surface area (Å²) in [7, 11) is 0. The van der Waals surface area contributed by atoms with E-state index in [-0.39, 0.29) is 28.3 Å². The first-order chi connectivity index (χ1) is 7.56. The third-order valence-corrected chi connectivity index (χ3v) is 2.81. The van der Waals surface area contributed by atoms with Crippen LogP contribution in [-0.2, 0) is 0 Å². The van der Waals surface area contributed by atoms with Gasteiger partial charge in [-0.25, -0.2) is 0 Å². The largest absolute Gasteiger partial charge is 0.434 e. The lowest BCUT2D eigenvalue weighted by molar-refractivity contribution is -0.0504. The SMILES string of the molecule is O=C(CCCl)c1cccc(OC(F)F)c1Br. The van der Waals surface area contributed by atoms with Crippen LogP contribution in [0.1, 0.15) is 16.8 Å². The van der Waals surface area contributed by atoms with Crippen LogP contribution in [0.25, 0.3) is 0 Å². The Kier molecular flexibility index (Phi) is 5.15. The van der Waals surface area contributed by atoms with Crippen molar-refractivity contribution in [2.45, 2.75) is 13.0 Å². The molecule has 0 fully saturated rings. The highest BCUT2D eigenvalue weighted by molar-refractivity contribution is 9.10. The molecule has 88 valence electrons. The Labute approximate surface area is 105 Å². The molecule has 0 radical (unpaired) electrons. The molecule has 1 aromatic carbocycles. The Bertz CT molecular complexity index is 385. The minimum absolute atomic E-state index is 0.0598. The smallest absolute Gasteiger partial charge is 0.387 e. The molecule has 1 aromatic rings. The van der Waals surface area contributed by atoms with Gasteiger partial charge in [0.1, 0.15) is 5.75 Å². The van der Waals surface area contributed by atoms with E-state index in [1.54, 1.807) is 0 Å². The van der Waals surface area contributed by atoms with Crippen molar-refractivity contribution >= 4 is 33.3 Å². The second kappa shape index (κ2) is 6.15. The summed E-state index contributed by atoms with van der Waals surface area (Å²) in [6.07, 6.45) is 0.151. The summed E-state index contributed by atoms with van der Waals surface area (Å²) in [5, 5.41) is 0. The number of ether oxygens (including phenoxy) is 1. The minimum Gasteiger partial charge on any atom is -0.434 e. The highest BCUT2D eigenvalue weighted by Crippen LogP contribution is 2.30. The van der Waals surface area contributed by atoms with Crippen LogP contribution in [0.2, 0.25) is 0 Å². The maximum Gasteiger partial charge on any atom is 0.387 e. The number of halogens is 4. The van der Waals surface area contributed by atoms with Crippen molar-refractivity contribution in [3.8, 4) is 5.75 Å². The average Bonchev–Trinajstić information content (AvgIpc) is 2.21. The molecule has 0 aliphatic rings. The molecule has 0 saturated carbocycles. The van der Waals surface area contributed by atoms with E-state index in [0.717, 1.165) is 0 Å². The number of hydrogen-bond acceptors (Lipinski definition) is 2. The predicted octanol–water partition coefficient (Wildman–Crippen LogP) is 3.86. The van der Waals surface area contributed by atoms with Gasteiger partial charge in [-0.15, -0.1) is 11.6 Å². The molecule has 0 aliphatic heterocycles. The van der Waals surface area contributed by atoms with Gasteiger partial charge in [0.2, 0.25) is 0 Å². The molecule has 0 amide bonds. The minimum atomic E-state index is -2.92. The summed E-state index contributed by atoms with van der Waals surface area (Å²) in [6, 6.07) is 4.36. The van der Waals surface area contributed by atoms with Crippen LogP contribution >= 0.6 is 27.5 Å². The Morgan fingerprint density at radius 1 is 1.50 bits per heavy atom. The van der Waals surface area contributed by atoms with E-state index in [1.165, 1.54) is 18.2 Å². The lowest BCUT2D eigenvalue weighted by Crippen LogP contribution is -2.06. The van der Waals surface area contributed by atoms with Crippen molar-refractivity contribution in [1.29, 1.82) is 0 Å². The molecule has 2 nitrogen and oxygen atoms in total. The van der Waals surface area contributed by atoms with Gasteiger partial charge in [0.25, 0.3) is 0 Å². The van der Waals surface area contributed by atoms with Crippen LogP contribution < -0.4 is 4.74 Å². The Morgan fingerprint density at radius 3 is 2.75 bits per heavy atom. The predicted molar refractivity (Wildman–Crippen MR) is 60.4 cm³/mol. The first kappa shape index (κ1) is 13.4. The average molecular weight is 314 g/mol. The molecular weight excluding hydrogens is 305 g/mol. The summed E-state index contributed by atoms with van der Waals surface area (Å²) >= 11 is 8.49. The number of alkyl halides is 3. The number of benzene rings is 1. The number of carbonyl (C=O) groups excluding carboxylic acids is 1. The number of Topliss-reactive ketones (excluding diaryl/α,β-unsaturated/α-hetero) is 1. The van der Waals surface area contributed by atoms with E-state index in [9.17, 15) is 13.6 Å². The molecule has 0 atom stereocenters. The van der Waals surface area contributed by atoms with Gasteiger partial charge in [-0.1, -0.05) is 6.07 Å². The second-order valence-corrected chi connectivity index (χ2v) is 4.03. The monoisotopic (exact) mass is 312 g/mol. The van der Waals surface area contributed by atoms with Crippen molar-refractivity contribution in [3.63, 3.8) is 0 Å². The van der Waals surface area contributed by atoms with Crippen LogP contribution in [-0.4, -0.2) is 18.3 Å². The third-order valence-electron chi connectivity index (χ3n) is 1.80. The van der Waals surface area contributed by atoms with Crippen molar-refractivity contribution < 1.29 is 18.3 Å².